The fourth-order valence-corrected chi connectivity index (χ4v) is 2.93. The van der Waals surface area contributed by atoms with E-state index in [1.165, 1.54) is 0 Å². The summed E-state index contributed by atoms with van der Waals surface area (Å²) in [5, 5.41) is 0.664. The van der Waals surface area contributed by atoms with E-state index in [2.05, 4.69) is 23.6 Å². The normalized spacial score (nSPS) is 21.1. The third-order valence-corrected chi connectivity index (χ3v) is 3.94. The lowest BCUT2D eigenvalue weighted by Crippen LogP contribution is -2.52. The third kappa shape index (κ3) is 2.52. The molecule has 0 aromatic heterocycles. The first-order valence-corrected chi connectivity index (χ1v) is 6.77. The number of rotatable bonds is 3. The van der Waals surface area contributed by atoms with Crippen LogP contribution in [0.2, 0.25) is 5.02 Å². The molecule has 1 heterocycles. The molecule has 1 fully saturated rings. The molecule has 0 amide bonds. The molecule has 1 saturated heterocycles. The summed E-state index contributed by atoms with van der Waals surface area (Å²) >= 11 is 6.25. The molecule has 1 aliphatic heterocycles. The van der Waals surface area contributed by atoms with Crippen molar-refractivity contribution >= 4 is 23.6 Å². The lowest BCUT2D eigenvalue weighted by atomic mass is 10.1. The quantitative estimate of drug-likeness (QED) is 0.786. The standard InChI is InChI=1S/C14H19ClN2O/c1-3-16-7-8-17(9-11(16)2)14-12(10-18)5-4-6-13(14)15/h4-6,10-11H,3,7-9H2,1-2H3. The maximum atomic E-state index is 11.1. The van der Waals surface area contributed by atoms with Crippen LogP contribution in [0.15, 0.2) is 18.2 Å². The second-order valence-corrected chi connectivity index (χ2v) is 5.13. The van der Waals surface area contributed by atoms with Gasteiger partial charge in [-0.3, -0.25) is 9.69 Å². The van der Waals surface area contributed by atoms with E-state index in [0.29, 0.717) is 16.6 Å². The molecule has 0 aliphatic carbocycles. The van der Waals surface area contributed by atoms with Crippen LogP contribution in [-0.2, 0) is 0 Å². The average Bonchev–Trinajstić information content (AvgIpc) is 2.38. The van der Waals surface area contributed by atoms with E-state index in [9.17, 15) is 4.79 Å². The van der Waals surface area contributed by atoms with Gasteiger partial charge in [-0.2, -0.15) is 0 Å². The van der Waals surface area contributed by atoms with E-state index in [1.54, 1.807) is 0 Å². The fraction of sp³-hybridized carbons (Fsp3) is 0.500. The van der Waals surface area contributed by atoms with Gasteiger partial charge in [-0.15, -0.1) is 0 Å². The Kier molecular flexibility index (Phi) is 4.25. The first-order valence-electron chi connectivity index (χ1n) is 6.40. The molecule has 2 rings (SSSR count). The molecule has 4 heteroatoms. The molecule has 0 N–H and O–H groups in total. The van der Waals surface area contributed by atoms with Crippen LogP contribution in [0.25, 0.3) is 0 Å². The van der Waals surface area contributed by atoms with Gasteiger partial charge in [0.2, 0.25) is 0 Å². The number of nitrogens with zero attached hydrogens (tertiary/aromatic N) is 2. The van der Waals surface area contributed by atoms with Crippen molar-refractivity contribution < 1.29 is 4.79 Å². The van der Waals surface area contributed by atoms with Crippen molar-refractivity contribution in [2.45, 2.75) is 19.9 Å². The van der Waals surface area contributed by atoms with Gasteiger partial charge in [0, 0.05) is 31.2 Å². The molecular weight excluding hydrogens is 248 g/mol. The van der Waals surface area contributed by atoms with Gasteiger partial charge in [0.1, 0.15) is 0 Å². The molecule has 0 saturated carbocycles. The number of likely N-dealkylation sites (N-methyl/N-ethyl adjacent to an activating group) is 1. The molecule has 1 aromatic rings. The summed E-state index contributed by atoms with van der Waals surface area (Å²) in [6, 6.07) is 5.98. The van der Waals surface area contributed by atoms with Crippen LogP contribution < -0.4 is 4.90 Å². The van der Waals surface area contributed by atoms with Crippen molar-refractivity contribution in [3.8, 4) is 0 Å². The number of aldehydes is 1. The monoisotopic (exact) mass is 266 g/mol. The van der Waals surface area contributed by atoms with Gasteiger partial charge in [-0.05, 0) is 25.6 Å². The minimum atomic E-state index is 0.486. The van der Waals surface area contributed by atoms with Crippen LogP contribution in [0.1, 0.15) is 24.2 Å². The largest absolute Gasteiger partial charge is 0.367 e. The summed E-state index contributed by atoms with van der Waals surface area (Å²) in [6.07, 6.45) is 0.887. The second kappa shape index (κ2) is 5.72. The van der Waals surface area contributed by atoms with Gasteiger partial charge in [0.25, 0.3) is 0 Å². The highest BCUT2D eigenvalue weighted by Crippen LogP contribution is 2.30. The lowest BCUT2D eigenvalue weighted by Gasteiger charge is -2.41. The highest BCUT2D eigenvalue weighted by Gasteiger charge is 2.25. The molecule has 1 aromatic carbocycles. The molecule has 0 radical (unpaired) electrons. The van der Waals surface area contributed by atoms with Crippen LogP contribution >= 0.6 is 11.6 Å². The number of para-hydroxylation sites is 1. The zero-order valence-electron chi connectivity index (χ0n) is 10.9. The highest BCUT2D eigenvalue weighted by molar-refractivity contribution is 6.33. The van der Waals surface area contributed by atoms with Gasteiger partial charge in [-0.1, -0.05) is 24.6 Å². The predicted octanol–water partition coefficient (Wildman–Crippen LogP) is 2.68. The Balaban J connectivity index is 2.25. The maximum Gasteiger partial charge on any atom is 0.152 e. The number of carbonyl (C=O) groups is 1. The van der Waals surface area contributed by atoms with Crippen molar-refractivity contribution in [3.05, 3.63) is 28.8 Å². The van der Waals surface area contributed by atoms with Gasteiger partial charge in [0.15, 0.2) is 6.29 Å². The number of piperazine rings is 1. The number of benzene rings is 1. The summed E-state index contributed by atoms with van der Waals surface area (Å²) in [5.74, 6) is 0. The third-order valence-electron chi connectivity index (χ3n) is 3.63. The second-order valence-electron chi connectivity index (χ2n) is 4.72. The Bertz CT molecular complexity index is 436. The predicted molar refractivity (Wildman–Crippen MR) is 75.8 cm³/mol. The SMILES string of the molecule is CCN1CCN(c2c(Cl)cccc2C=O)CC1C. The van der Waals surface area contributed by atoms with Crippen LogP contribution in [0.4, 0.5) is 5.69 Å². The van der Waals surface area contributed by atoms with E-state index < -0.39 is 0 Å². The summed E-state index contributed by atoms with van der Waals surface area (Å²) in [6.45, 7) is 8.31. The molecule has 0 spiro atoms. The smallest absolute Gasteiger partial charge is 0.152 e. The fourth-order valence-electron chi connectivity index (χ4n) is 2.63. The Labute approximate surface area is 113 Å². The number of halogens is 1. The average molecular weight is 267 g/mol. The number of hydrogen-bond donors (Lipinski definition) is 0. The number of anilines is 1. The van der Waals surface area contributed by atoms with E-state index in [0.717, 1.165) is 38.2 Å². The van der Waals surface area contributed by atoms with Crippen molar-refractivity contribution in [2.75, 3.05) is 31.1 Å². The van der Waals surface area contributed by atoms with E-state index in [4.69, 9.17) is 11.6 Å². The first kappa shape index (κ1) is 13.4. The molecule has 0 bridgehead atoms. The van der Waals surface area contributed by atoms with Gasteiger partial charge < -0.3 is 4.90 Å². The van der Waals surface area contributed by atoms with E-state index in [-0.39, 0.29) is 0 Å². The van der Waals surface area contributed by atoms with Crippen molar-refractivity contribution in [1.29, 1.82) is 0 Å². The van der Waals surface area contributed by atoms with Crippen molar-refractivity contribution in [2.24, 2.45) is 0 Å². The molecule has 1 aliphatic rings. The summed E-state index contributed by atoms with van der Waals surface area (Å²) in [7, 11) is 0. The molecule has 3 nitrogen and oxygen atoms in total. The zero-order valence-corrected chi connectivity index (χ0v) is 11.7. The molecule has 1 atom stereocenters. The van der Waals surface area contributed by atoms with Crippen molar-refractivity contribution in [1.82, 2.24) is 4.90 Å². The van der Waals surface area contributed by atoms with E-state index >= 15 is 0 Å². The Morgan fingerprint density at radius 3 is 2.83 bits per heavy atom. The van der Waals surface area contributed by atoms with Gasteiger partial charge >= 0.3 is 0 Å². The minimum Gasteiger partial charge on any atom is -0.367 e. The zero-order chi connectivity index (χ0) is 13.1. The van der Waals surface area contributed by atoms with Crippen molar-refractivity contribution in [3.63, 3.8) is 0 Å². The highest BCUT2D eigenvalue weighted by atomic mass is 35.5. The maximum absolute atomic E-state index is 11.1. The molecule has 18 heavy (non-hydrogen) atoms. The molecule has 1 unspecified atom stereocenters. The number of hydrogen-bond acceptors (Lipinski definition) is 3. The summed E-state index contributed by atoms with van der Waals surface area (Å²) in [5.41, 5.74) is 1.57. The van der Waals surface area contributed by atoms with Crippen LogP contribution in [-0.4, -0.2) is 43.4 Å². The molecule has 98 valence electrons. The Morgan fingerprint density at radius 2 is 2.22 bits per heavy atom. The number of carbonyl (C=O) groups excluding carboxylic acids is 1. The Morgan fingerprint density at radius 1 is 1.44 bits per heavy atom. The minimum absolute atomic E-state index is 0.486. The van der Waals surface area contributed by atoms with Crippen LogP contribution in [0.3, 0.4) is 0 Å². The molecular formula is C14H19ClN2O. The van der Waals surface area contributed by atoms with Crippen LogP contribution in [0, 0.1) is 0 Å². The van der Waals surface area contributed by atoms with Gasteiger partial charge in [-0.25, -0.2) is 0 Å². The lowest BCUT2D eigenvalue weighted by molar-refractivity contribution is 0.112. The first-order chi connectivity index (χ1) is 8.67. The summed E-state index contributed by atoms with van der Waals surface area (Å²) < 4.78 is 0. The Hall–Kier alpha value is -1.06. The topological polar surface area (TPSA) is 23.6 Å². The summed E-state index contributed by atoms with van der Waals surface area (Å²) in [4.78, 5) is 15.8. The van der Waals surface area contributed by atoms with Gasteiger partial charge in [0.05, 0.1) is 10.7 Å². The van der Waals surface area contributed by atoms with Crippen LogP contribution in [0.5, 0.6) is 0 Å². The van der Waals surface area contributed by atoms with E-state index in [1.807, 2.05) is 18.2 Å².